The molecule has 1 saturated heterocycles. The summed E-state index contributed by atoms with van der Waals surface area (Å²) in [4.78, 5) is 48.2. The van der Waals surface area contributed by atoms with Crippen LogP contribution < -0.4 is 11.2 Å². The number of carbonyl (C=O) groups excluding carboxylic acids is 2. The highest BCUT2D eigenvalue weighted by molar-refractivity contribution is 5.66. The molecule has 0 aromatic carbocycles. The van der Waals surface area contributed by atoms with Gasteiger partial charge in [0.05, 0.1) is 0 Å². The van der Waals surface area contributed by atoms with Gasteiger partial charge in [-0.25, -0.2) is 9.36 Å². The van der Waals surface area contributed by atoms with Gasteiger partial charge in [0.25, 0.3) is 5.56 Å². The maximum absolute atomic E-state index is 11.9. The third-order valence-electron chi connectivity index (χ3n) is 3.39. The summed E-state index contributed by atoms with van der Waals surface area (Å²) in [6, 6.07) is 1.21. The highest BCUT2D eigenvalue weighted by Gasteiger charge is 2.36. The van der Waals surface area contributed by atoms with Gasteiger partial charge in [0.1, 0.15) is 25.0 Å². The topological polar surface area (TPSA) is 117 Å². The quantitative estimate of drug-likeness (QED) is 0.755. The third kappa shape index (κ3) is 4.28. The number of ether oxygens (including phenoxy) is 3. The van der Waals surface area contributed by atoms with Crippen LogP contribution in [0.15, 0.2) is 21.9 Å². The van der Waals surface area contributed by atoms with E-state index in [1.54, 1.807) is 0 Å². The van der Waals surface area contributed by atoms with Crippen molar-refractivity contribution < 1.29 is 23.8 Å². The summed E-state index contributed by atoms with van der Waals surface area (Å²) in [7, 11) is 0. The largest absolute Gasteiger partial charge is 0.463 e. The second kappa shape index (κ2) is 7.23. The fraction of sp³-hybridized carbons (Fsp3) is 0.571. The molecule has 0 spiro atoms. The lowest BCUT2D eigenvalue weighted by molar-refractivity contribution is -0.192. The van der Waals surface area contributed by atoms with Crippen LogP contribution >= 0.6 is 0 Å². The number of esters is 2. The molecule has 2 heterocycles. The van der Waals surface area contributed by atoms with Crippen LogP contribution in [0.25, 0.3) is 0 Å². The van der Waals surface area contributed by atoms with E-state index in [9.17, 15) is 19.2 Å². The first-order chi connectivity index (χ1) is 10.9. The van der Waals surface area contributed by atoms with Gasteiger partial charge in [-0.05, 0) is 12.8 Å². The predicted molar refractivity (Wildman–Crippen MR) is 76.7 cm³/mol. The first kappa shape index (κ1) is 16.9. The van der Waals surface area contributed by atoms with Crippen molar-refractivity contribution >= 4 is 11.9 Å². The number of nitrogens with zero attached hydrogens (tertiary/aromatic N) is 1. The Morgan fingerprint density at radius 1 is 1.30 bits per heavy atom. The zero-order chi connectivity index (χ0) is 17.0. The smallest absolute Gasteiger partial charge is 0.330 e. The van der Waals surface area contributed by atoms with Crippen LogP contribution in [0.2, 0.25) is 0 Å². The normalized spacial score (nSPS) is 24.0. The van der Waals surface area contributed by atoms with Crippen molar-refractivity contribution in [1.82, 2.24) is 9.55 Å². The minimum atomic E-state index is -0.820. The summed E-state index contributed by atoms with van der Waals surface area (Å²) >= 11 is 0. The number of H-pyrrole nitrogens is 1. The van der Waals surface area contributed by atoms with Gasteiger partial charge < -0.3 is 19.2 Å². The van der Waals surface area contributed by atoms with E-state index in [2.05, 4.69) is 4.98 Å². The fourth-order valence-electron chi connectivity index (χ4n) is 2.44. The lowest BCUT2D eigenvalue weighted by Gasteiger charge is -2.35. The maximum Gasteiger partial charge on any atom is 0.330 e. The number of rotatable bonds is 4. The predicted octanol–water partition coefficient (Wildman–Crippen LogP) is -0.291. The maximum atomic E-state index is 11.9. The lowest BCUT2D eigenvalue weighted by Crippen LogP contribution is -2.47. The number of hydrogen-bond donors (Lipinski definition) is 1. The summed E-state index contributed by atoms with van der Waals surface area (Å²) in [5, 5.41) is 0. The van der Waals surface area contributed by atoms with Crippen LogP contribution in [0, 0.1) is 0 Å². The monoisotopic (exact) mass is 326 g/mol. The molecule has 9 heteroatoms. The second-order valence-corrected chi connectivity index (χ2v) is 5.15. The minimum Gasteiger partial charge on any atom is -0.463 e. The molecule has 1 fully saturated rings. The molecule has 2 rings (SSSR count). The number of nitrogens with one attached hydrogen (secondary N) is 1. The van der Waals surface area contributed by atoms with Crippen molar-refractivity contribution in [2.24, 2.45) is 0 Å². The first-order valence-corrected chi connectivity index (χ1v) is 7.14. The molecule has 1 aromatic rings. The number of hydrogen-bond acceptors (Lipinski definition) is 7. The molecular formula is C14H18N2O7. The minimum absolute atomic E-state index is 0.136. The summed E-state index contributed by atoms with van der Waals surface area (Å²) in [5.41, 5.74) is -1.10. The van der Waals surface area contributed by atoms with Crippen molar-refractivity contribution in [3.63, 3.8) is 0 Å². The Hall–Kier alpha value is -2.42. The van der Waals surface area contributed by atoms with E-state index in [-0.39, 0.29) is 6.61 Å². The second-order valence-electron chi connectivity index (χ2n) is 5.15. The molecule has 0 aliphatic carbocycles. The van der Waals surface area contributed by atoms with Crippen molar-refractivity contribution in [1.29, 1.82) is 0 Å². The van der Waals surface area contributed by atoms with Gasteiger partial charge in [-0.2, -0.15) is 0 Å². The molecular weight excluding hydrogens is 308 g/mol. The number of carbonyl (C=O) groups is 2. The Morgan fingerprint density at radius 2 is 2.04 bits per heavy atom. The molecule has 1 N–H and O–H groups in total. The molecule has 23 heavy (non-hydrogen) atoms. The van der Waals surface area contributed by atoms with Crippen LogP contribution in [0.3, 0.4) is 0 Å². The van der Waals surface area contributed by atoms with Crippen LogP contribution in [0.5, 0.6) is 0 Å². The fourth-order valence-corrected chi connectivity index (χ4v) is 2.44. The van der Waals surface area contributed by atoms with E-state index in [4.69, 9.17) is 14.2 Å². The van der Waals surface area contributed by atoms with Crippen LogP contribution in [-0.2, 0) is 23.8 Å². The summed E-state index contributed by atoms with van der Waals surface area (Å²) in [6.07, 6.45) is -0.255. The van der Waals surface area contributed by atoms with Gasteiger partial charge in [-0.1, -0.05) is 0 Å². The Bertz CT molecular complexity index is 665. The summed E-state index contributed by atoms with van der Waals surface area (Å²) in [6.45, 7) is 2.37. The molecule has 0 saturated carbocycles. The van der Waals surface area contributed by atoms with Gasteiger partial charge >= 0.3 is 17.6 Å². The van der Waals surface area contributed by atoms with E-state index < -0.39 is 41.6 Å². The number of aromatic amines is 1. The molecule has 126 valence electrons. The Kier molecular flexibility index (Phi) is 5.32. The zero-order valence-electron chi connectivity index (χ0n) is 12.8. The van der Waals surface area contributed by atoms with Gasteiger partial charge in [-0.3, -0.25) is 14.4 Å². The van der Waals surface area contributed by atoms with E-state index in [0.717, 1.165) is 4.57 Å². The molecule has 1 aliphatic heterocycles. The molecule has 0 radical (unpaired) electrons. The zero-order valence-corrected chi connectivity index (χ0v) is 12.8. The van der Waals surface area contributed by atoms with Gasteiger partial charge in [-0.15, -0.1) is 0 Å². The number of aromatic nitrogens is 2. The van der Waals surface area contributed by atoms with Gasteiger partial charge in [0, 0.05) is 26.1 Å². The van der Waals surface area contributed by atoms with Crippen LogP contribution in [0.1, 0.15) is 32.9 Å². The van der Waals surface area contributed by atoms with Crippen molar-refractivity contribution in [3.8, 4) is 0 Å². The molecule has 0 bridgehead atoms. The summed E-state index contributed by atoms with van der Waals surface area (Å²) < 4.78 is 16.7. The Morgan fingerprint density at radius 3 is 2.65 bits per heavy atom. The van der Waals surface area contributed by atoms with E-state index in [1.165, 1.54) is 26.1 Å². The lowest BCUT2D eigenvalue weighted by atomic mass is 10.0. The molecule has 0 amide bonds. The standard InChI is InChI=1S/C14H18N2O7/c1-8(17)21-7-11-10(22-9(2)18)3-4-13(23-11)16-12(19)5-6-15-14(16)20/h5-6,10-11,13H,3-4,7H2,1-2H3,(H,15,20)/t10-,11+,13-/m0/s1. The molecule has 1 aromatic heterocycles. The van der Waals surface area contributed by atoms with Crippen LogP contribution in [-0.4, -0.2) is 40.3 Å². The van der Waals surface area contributed by atoms with Crippen molar-refractivity contribution in [3.05, 3.63) is 33.1 Å². The van der Waals surface area contributed by atoms with Crippen molar-refractivity contribution in [2.45, 2.75) is 45.1 Å². The highest BCUT2D eigenvalue weighted by Crippen LogP contribution is 2.27. The average molecular weight is 326 g/mol. The van der Waals surface area contributed by atoms with E-state index in [0.29, 0.717) is 12.8 Å². The highest BCUT2D eigenvalue weighted by atomic mass is 16.6. The van der Waals surface area contributed by atoms with Gasteiger partial charge in [0.2, 0.25) is 0 Å². The molecule has 9 nitrogen and oxygen atoms in total. The van der Waals surface area contributed by atoms with Crippen molar-refractivity contribution in [2.75, 3.05) is 6.61 Å². The van der Waals surface area contributed by atoms with Gasteiger partial charge in [0.15, 0.2) is 0 Å². The average Bonchev–Trinajstić information content (AvgIpc) is 2.46. The Balaban J connectivity index is 2.20. The first-order valence-electron chi connectivity index (χ1n) is 7.14. The van der Waals surface area contributed by atoms with Crippen LogP contribution in [0.4, 0.5) is 0 Å². The third-order valence-corrected chi connectivity index (χ3v) is 3.39. The molecule has 0 unspecified atom stereocenters. The van der Waals surface area contributed by atoms with E-state index in [1.807, 2.05) is 0 Å². The summed E-state index contributed by atoms with van der Waals surface area (Å²) in [5.74, 6) is -0.994. The molecule has 1 aliphatic rings. The molecule has 3 atom stereocenters. The Labute approximate surface area is 131 Å². The SMILES string of the molecule is CC(=O)OC[C@H]1O[C@H](n2c(=O)cc[nH]c2=O)CC[C@@H]1OC(C)=O. The van der Waals surface area contributed by atoms with E-state index >= 15 is 0 Å².